The first-order chi connectivity index (χ1) is 7.69. The summed E-state index contributed by atoms with van der Waals surface area (Å²) in [5.41, 5.74) is 7.27. The Bertz CT molecular complexity index is 365. The van der Waals surface area contributed by atoms with E-state index < -0.39 is 0 Å². The molecule has 2 N–H and O–H groups in total. The Morgan fingerprint density at radius 3 is 2.94 bits per heavy atom. The summed E-state index contributed by atoms with van der Waals surface area (Å²) in [5.74, 6) is 0.593. The van der Waals surface area contributed by atoms with Crippen molar-refractivity contribution in [2.45, 2.75) is 26.4 Å². The van der Waals surface area contributed by atoms with Crippen molar-refractivity contribution < 1.29 is 4.39 Å². The third kappa shape index (κ3) is 2.60. The van der Waals surface area contributed by atoms with E-state index in [1.165, 1.54) is 12.5 Å². The van der Waals surface area contributed by atoms with Gasteiger partial charge in [-0.2, -0.15) is 0 Å². The Hall–Kier alpha value is -0.930. The average molecular weight is 222 g/mol. The standard InChI is InChI=1S/C13H19FN2/c1-10-4-5-16(8-10)9-11-2-3-13(14)12(6-11)7-15/h2-3,6,10H,4-5,7-9,15H2,1H3. The molecular weight excluding hydrogens is 203 g/mol. The van der Waals surface area contributed by atoms with E-state index in [0.29, 0.717) is 5.56 Å². The second-order valence-electron chi connectivity index (χ2n) is 4.76. The van der Waals surface area contributed by atoms with Crippen LogP contribution >= 0.6 is 0 Å². The van der Waals surface area contributed by atoms with Crippen molar-refractivity contribution in [1.29, 1.82) is 0 Å². The minimum Gasteiger partial charge on any atom is -0.326 e. The molecule has 1 aliphatic rings. The topological polar surface area (TPSA) is 29.3 Å². The van der Waals surface area contributed by atoms with Crippen LogP contribution in [-0.2, 0) is 13.1 Å². The summed E-state index contributed by atoms with van der Waals surface area (Å²) in [7, 11) is 0. The lowest BCUT2D eigenvalue weighted by Gasteiger charge is -2.15. The molecule has 1 heterocycles. The Labute approximate surface area is 96.2 Å². The fraction of sp³-hybridized carbons (Fsp3) is 0.538. The van der Waals surface area contributed by atoms with Gasteiger partial charge in [-0.3, -0.25) is 4.90 Å². The second-order valence-corrected chi connectivity index (χ2v) is 4.76. The molecule has 0 spiro atoms. The molecule has 16 heavy (non-hydrogen) atoms. The number of halogens is 1. The van der Waals surface area contributed by atoms with Gasteiger partial charge in [0.05, 0.1) is 0 Å². The van der Waals surface area contributed by atoms with Crippen LogP contribution in [0.4, 0.5) is 4.39 Å². The largest absolute Gasteiger partial charge is 0.326 e. The molecule has 0 aromatic heterocycles. The maximum absolute atomic E-state index is 13.3. The summed E-state index contributed by atoms with van der Waals surface area (Å²) < 4.78 is 13.3. The van der Waals surface area contributed by atoms with Gasteiger partial charge in [0, 0.05) is 25.2 Å². The molecule has 0 aliphatic carbocycles. The molecule has 1 unspecified atom stereocenters. The Balaban J connectivity index is 2.04. The first kappa shape index (κ1) is 11.6. The van der Waals surface area contributed by atoms with Crippen LogP contribution in [0.25, 0.3) is 0 Å². The molecule has 2 rings (SSSR count). The summed E-state index contributed by atoms with van der Waals surface area (Å²) in [5, 5.41) is 0. The van der Waals surface area contributed by atoms with Gasteiger partial charge in [0.25, 0.3) is 0 Å². The predicted molar refractivity (Wildman–Crippen MR) is 63.3 cm³/mol. The highest BCUT2D eigenvalue weighted by molar-refractivity contribution is 5.25. The highest BCUT2D eigenvalue weighted by Crippen LogP contribution is 2.19. The van der Waals surface area contributed by atoms with E-state index in [4.69, 9.17) is 5.73 Å². The van der Waals surface area contributed by atoms with Crippen LogP contribution in [0.5, 0.6) is 0 Å². The average Bonchev–Trinajstić information content (AvgIpc) is 2.67. The maximum atomic E-state index is 13.3. The molecule has 1 fully saturated rings. The van der Waals surface area contributed by atoms with Gasteiger partial charge in [0.1, 0.15) is 5.82 Å². The van der Waals surface area contributed by atoms with Crippen LogP contribution in [0.2, 0.25) is 0 Å². The van der Waals surface area contributed by atoms with Crippen molar-refractivity contribution in [1.82, 2.24) is 4.90 Å². The Kier molecular flexibility index (Phi) is 3.56. The number of likely N-dealkylation sites (tertiary alicyclic amines) is 1. The quantitative estimate of drug-likeness (QED) is 0.849. The van der Waals surface area contributed by atoms with E-state index in [-0.39, 0.29) is 12.4 Å². The van der Waals surface area contributed by atoms with Crippen LogP contribution in [0.3, 0.4) is 0 Å². The number of hydrogen-bond acceptors (Lipinski definition) is 2. The molecule has 2 nitrogen and oxygen atoms in total. The minimum atomic E-state index is -0.193. The predicted octanol–water partition coefficient (Wildman–Crippen LogP) is 2.13. The Morgan fingerprint density at radius 2 is 2.31 bits per heavy atom. The highest BCUT2D eigenvalue weighted by Gasteiger charge is 2.18. The molecule has 0 bridgehead atoms. The lowest BCUT2D eigenvalue weighted by Crippen LogP contribution is -2.19. The molecule has 1 aliphatic heterocycles. The molecule has 88 valence electrons. The van der Waals surface area contributed by atoms with Gasteiger partial charge in [0.2, 0.25) is 0 Å². The molecule has 3 heteroatoms. The fourth-order valence-electron chi connectivity index (χ4n) is 2.31. The molecule has 1 aromatic carbocycles. The van der Waals surface area contributed by atoms with E-state index in [2.05, 4.69) is 11.8 Å². The van der Waals surface area contributed by atoms with Gasteiger partial charge in [-0.05, 0) is 30.5 Å². The summed E-state index contributed by atoms with van der Waals surface area (Å²) >= 11 is 0. The van der Waals surface area contributed by atoms with E-state index in [0.717, 1.165) is 31.1 Å². The zero-order chi connectivity index (χ0) is 11.5. The van der Waals surface area contributed by atoms with Gasteiger partial charge in [-0.15, -0.1) is 0 Å². The van der Waals surface area contributed by atoms with E-state index in [1.807, 2.05) is 12.1 Å². The summed E-state index contributed by atoms with van der Waals surface area (Å²) in [6.45, 7) is 5.76. The molecule has 1 saturated heterocycles. The summed E-state index contributed by atoms with van der Waals surface area (Å²) in [6.07, 6.45) is 1.27. The molecule has 1 atom stereocenters. The van der Waals surface area contributed by atoms with Crippen LogP contribution < -0.4 is 5.73 Å². The normalized spacial score (nSPS) is 21.6. The second kappa shape index (κ2) is 4.93. The van der Waals surface area contributed by atoms with Gasteiger partial charge < -0.3 is 5.73 Å². The number of rotatable bonds is 3. The molecule has 0 saturated carbocycles. The van der Waals surface area contributed by atoms with Gasteiger partial charge in [-0.1, -0.05) is 19.1 Å². The molecule has 1 aromatic rings. The van der Waals surface area contributed by atoms with Crippen LogP contribution in [0.15, 0.2) is 18.2 Å². The van der Waals surface area contributed by atoms with Gasteiger partial charge >= 0.3 is 0 Å². The lowest BCUT2D eigenvalue weighted by atomic mass is 10.1. The third-order valence-electron chi connectivity index (χ3n) is 3.24. The van der Waals surface area contributed by atoms with E-state index in [9.17, 15) is 4.39 Å². The first-order valence-corrected chi connectivity index (χ1v) is 5.88. The Morgan fingerprint density at radius 1 is 1.50 bits per heavy atom. The van der Waals surface area contributed by atoms with Crippen molar-refractivity contribution in [3.05, 3.63) is 35.1 Å². The van der Waals surface area contributed by atoms with Crippen molar-refractivity contribution in [2.24, 2.45) is 11.7 Å². The van der Waals surface area contributed by atoms with Crippen molar-refractivity contribution in [3.8, 4) is 0 Å². The maximum Gasteiger partial charge on any atom is 0.127 e. The zero-order valence-corrected chi connectivity index (χ0v) is 9.75. The van der Waals surface area contributed by atoms with Crippen LogP contribution in [-0.4, -0.2) is 18.0 Å². The SMILES string of the molecule is CC1CCN(Cc2ccc(F)c(CN)c2)C1. The van der Waals surface area contributed by atoms with Crippen LogP contribution in [0, 0.1) is 11.7 Å². The monoisotopic (exact) mass is 222 g/mol. The smallest absolute Gasteiger partial charge is 0.127 e. The van der Waals surface area contributed by atoms with Crippen molar-refractivity contribution >= 4 is 0 Å². The number of hydrogen-bond donors (Lipinski definition) is 1. The molecule has 0 amide bonds. The summed E-state index contributed by atoms with van der Waals surface area (Å²) in [6, 6.07) is 5.27. The van der Waals surface area contributed by atoms with Crippen molar-refractivity contribution in [3.63, 3.8) is 0 Å². The van der Waals surface area contributed by atoms with Gasteiger partial charge in [0.15, 0.2) is 0 Å². The van der Waals surface area contributed by atoms with E-state index >= 15 is 0 Å². The fourth-order valence-corrected chi connectivity index (χ4v) is 2.31. The minimum absolute atomic E-state index is 0.193. The molecular formula is C13H19FN2. The number of nitrogens with zero attached hydrogens (tertiary/aromatic N) is 1. The van der Waals surface area contributed by atoms with E-state index in [1.54, 1.807) is 0 Å². The highest BCUT2D eigenvalue weighted by atomic mass is 19.1. The number of benzene rings is 1. The lowest BCUT2D eigenvalue weighted by molar-refractivity contribution is 0.320. The molecule has 0 radical (unpaired) electrons. The van der Waals surface area contributed by atoms with Crippen LogP contribution in [0.1, 0.15) is 24.5 Å². The van der Waals surface area contributed by atoms with Crippen molar-refractivity contribution in [2.75, 3.05) is 13.1 Å². The summed E-state index contributed by atoms with van der Waals surface area (Å²) in [4.78, 5) is 2.41. The van der Waals surface area contributed by atoms with Gasteiger partial charge in [-0.25, -0.2) is 4.39 Å². The first-order valence-electron chi connectivity index (χ1n) is 5.88. The third-order valence-corrected chi connectivity index (χ3v) is 3.24. The number of nitrogens with two attached hydrogens (primary N) is 1. The zero-order valence-electron chi connectivity index (χ0n) is 9.75.